The van der Waals surface area contributed by atoms with Gasteiger partial charge < -0.3 is 10.1 Å². The van der Waals surface area contributed by atoms with Gasteiger partial charge in [0, 0.05) is 6.61 Å². The summed E-state index contributed by atoms with van der Waals surface area (Å²) in [6, 6.07) is 0.597. The zero-order valence-corrected chi connectivity index (χ0v) is 11.7. The molecule has 2 atom stereocenters. The third kappa shape index (κ3) is 4.15. The van der Waals surface area contributed by atoms with Crippen LogP contribution < -0.4 is 5.32 Å². The van der Waals surface area contributed by atoms with E-state index < -0.39 is 41.3 Å². The van der Waals surface area contributed by atoms with E-state index in [1.165, 1.54) is 0 Å². The molecule has 1 aromatic carbocycles. The van der Waals surface area contributed by atoms with Crippen molar-refractivity contribution in [2.75, 3.05) is 13.2 Å². The maximum Gasteiger partial charge on any atom is 0.416 e. The Labute approximate surface area is 127 Å². The Morgan fingerprint density at radius 2 is 1.83 bits per heavy atom. The van der Waals surface area contributed by atoms with Gasteiger partial charge in [-0.25, -0.2) is 0 Å². The minimum Gasteiger partial charge on any atom is -0.381 e. The number of alkyl halides is 6. The van der Waals surface area contributed by atoms with E-state index in [1.54, 1.807) is 5.32 Å². The van der Waals surface area contributed by atoms with Crippen molar-refractivity contribution < 1.29 is 35.9 Å². The first-order valence-corrected chi connectivity index (χ1v) is 6.71. The smallest absolute Gasteiger partial charge is 0.381 e. The molecule has 0 aromatic heterocycles. The standard InChI is InChI=1S/C14H13F6NO2/c15-13(16,17)10-4-2-1-3-9(10)11(14(18,19)20)21-12(22)8-5-6-23-7-8/h1-4,8,11H,5-7H2,(H,21,22)/t8-,11-/m1/s1. The lowest BCUT2D eigenvalue weighted by Crippen LogP contribution is -2.42. The highest BCUT2D eigenvalue weighted by Crippen LogP contribution is 2.40. The molecule has 0 saturated carbocycles. The molecule has 2 rings (SSSR count). The SMILES string of the molecule is O=C(N[C@H](c1ccccc1C(F)(F)F)C(F)(F)F)[C@@H]1CCOC1. The summed E-state index contributed by atoms with van der Waals surface area (Å²) in [6.45, 7) is 0.186. The van der Waals surface area contributed by atoms with Crippen molar-refractivity contribution in [3.05, 3.63) is 35.4 Å². The van der Waals surface area contributed by atoms with Gasteiger partial charge in [0.15, 0.2) is 6.04 Å². The molecule has 0 spiro atoms. The lowest BCUT2D eigenvalue weighted by atomic mass is 9.98. The molecule has 1 aromatic rings. The molecular formula is C14H13F6NO2. The molecule has 0 aliphatic carbocycles. The van der Waals surface area contributed by atoms with Crippen molar-refractivity contribution in [3.8, 4) is 0 Å². The number of carbonyl (C=O) groups is 1. The fourth-order valence-corrected chi connectivity index (χ4v) is 2.34. The van der Waals surface area contributed by atoms with Crippen LogP contribution in [0.15, 0.2) is 24.3 Å². The number of benzene rings is 1. The van der Waals surface area contributed by atoms with Crippen molar-refractivity contribution in [1.82, 2.24) is 5.32 Å². The number of hydrogen-bond acceptors (Lipinski definition) is 2. The first-order chi connectivity index (χ1) is 10.6. The molecule has 1 heterocycles. The summed E-state index contributed by atoms with van der Waals surface area (Å²) < 4.78 is 83.3. The summed E-state index contributed by atoms with van der Waals surface area (Å²) in [7, 11) is 0. The maximum absolute atomic E-state index is 13.2. The number of rotatable bonds is 3. The molecule has 128 valence electrons. The predicted molar refractivity (Wildman–Crippen MR) is 67.3 cm³/mol. The largest absolute Gasteiger partial charge is 0.416 e. The van der Waals surface area contributed by atoms with Crippen LogP contribution in [0.4, 0.5) is 26.3 Å². The van der Waals surface area contributed by atoms with Crippen LogP contribution in [0.3, 0.4) is 0 Å². The Kier molecular flexibility index (Phi) is 4.88. The second-order valence-corrected chi connectivity index (χ2v) is 5.13. The molecule has 0 radical (unpaired) electrons. The summed E-state index contributed by atoms with van der Waals surface area (Å²) in [5.74, 6) is -1.76. The van der Waals surface area contributed by atoms with Crippen molar-refractivity contribution in [2.24, 2.45) is 5.92 Å². The van der Waals surface area contributed by atoms with Crippen molar-refractivity contribution >= 4 is 5.91 Å². The second-order valence-electron chi connectivity index (χ2n) is 5.13. The Hall–Kier alpha value is -1.77. The lowest BCUT2D eigenvalue weighted by Gasteiger charge is -2.26. The van der Waals surface area contributed by atoms with Gasteiger partial charge in [0.25, 0.3) is 0 Å². The van der Waals surface area contributed by atoms with Gasteiger partial charge in [-0.15, -0.1) is 0 Å². The molecule has 1 N–H and O–H groups in total. The minimum absolute atomic E-state index is 0.0443. The number of ether oxygens (including phenoxy) is 1. The predicted octanol–water partition coefficient (Wildman–Crippen LogP) is 3.46. The molecule has 1 saturated heterocycles. The van der Waals surface area contributed by atoms with E-state index >= 15 is 0 Å². The number of halogens is 6. The summed E-state index contributed by atoms with van der Waals surface area (Å²) in [5, 5.41) is 1.68. The number of nitrogens with one attached hydrogen (secondary N) is 1. The second kappa shape index (κ2) is 6.38. The Bertz CT molecular complexity index is 563. The summed E-state index contributed by atoms with van der Waals surface area (Å²) >= 11 is 0. The first-order valence-electron chi connectivity index (χ1n) is 6.71. The average Bonchev–Trinajstić information content (AvgIpc) is 2.96. The van der Waals surface area contributed by atoms with Gasteiger partial charge in [-0.3, -0.25) is 4.79 Å². The Morgan fingerprint density at radius 1 is 1.17 bits per heavy atom. The van der Waals surface area contributed by atoms with Crippen LogP contribution in [0, 0.1) is 5.92 Å². The molecule has 1 aliphatic heterocycles. The van der Waals surface area contributed by atoms with E-state index in [0.717, 1.165) is 12.1 Å². The van der Waals surface area contributed by atoms with Crippen molar-refractivity contribution in [3.63, 3.8) is 0 Å². The van der Waals surface area contributed by atoms with Gasteiger partial charge in [-0.2, -0.15) is 26.3 Å². The van der Waals surface area contributed by atoms with E-state index in [9.17, 15) is 31.1 Å². The summed E-state index contributed by atoms with van der Waals surface area (Å²) in [5.41, 5.74) is -2.45. The lowest BCUT2D eigenvalue weighted by molar-refractivity contribution is -0.168. The maximum atomic E-state index is 13.2. The quantitative estimate of drug-likeness (QED) is 0.855. The van der Waals surface area contributed by atoms with Crippen molar-refractivity contribution in [2.45, 2.75) is 24.8 Å². The number of hydrogen-bond donors (Lipinski definition) is 1. The van der Waals surface area contributed by atoms with Gasteiger partial charge in [0.05, 0.1) is 18.1 Å². The topological polar surface area (TPSA) is 38.3 Å². The first kappa shape index (κ1) is 17.6. The summed E-state index contributed by atoms with van der Waals surface area (Å²) in [6.07, 6.45) is -9.78. The molecule has 9 heteroatoms. The third-order valence-electron chi connectivity index (χ3n) is 3.49. The minimum atomic E-state index is -5.06. The summed E-state index contributed by atoms with van der Waals surface area (Å²) in [4.78, 5) is 11.9. The van der Waals surface area contributed by atoms with Gasteiger partial charge in [-0.1, -0.05) is 18.2 Å². The molecular weight excluding hydrogens is 328 g/mol. The van der Waals surface area contributed by atoms with Gasteiger partial charge in [0.2, 0.25) is 5.91 Å². The highest BCUT2D eigenvalue weighted by molar-refractivity contribution is 5.79. The molecule has 1 fully saturated rings. The molecule has 1 aliphatic rings. The van der Waals surface area contributed by atoms with E-state index in [-0.39, 0.29) is 19.6 Å². The monoisotopic (exact) mass is 341 g/mol. The highest BCUT2D eigenvalue weighted by atomic mass is 19.4. The normalized spacial score (nSPS) is 20.3. The zero-order valence-electron chi connectivity index (χ0n) is 11.7. The zero-order chi connectivity index (χ0) is 17.3. The third-order valence-corrected chi connectivity index (χ3v) is 3.49. The Morgan fingerprint density at radius 3 is 2.35 bits per heavy atom. The fraction of sp³-hybridized carbons (Fsp3) is 0.500. The van der Waals surface area contributed by atoms with Crippen LogP contribution in [-0.4, -0.2) is 25.3 Å². The van der Waals surface area contributed by atoms with Crippen LogP contribution in [-0.2, 0) is 15.7 Å². The van der Waals surface area contributed by atoms with E-state index in [2.05, 4.69) is 0 Å². The van der Waals surface area contributed by atoms with Gasteiger partial charge in [0.1, 0.15) is 0 Å². The molecule has 0 unspecified atom stereocenters. The van der Waals surface area contributed by atoms with Gasteiger partial charge in [-0.05, 0) is 18.1 Å². The molecule has 0 bridgehead atoms. The van der Waals surface area contributed by atoms with Crippen molar-refractivity contribution in [1.29, 1.82) is 0 Å². The molecule has 3 nitrogen and oxygen atoms in total. The van der Waals surface area contributed by atoms with Crippen LogP contribution in [0.25, 0.3) is 0 Å². The molecule has 1 amide bonds. The van der Waals surface area contributed by atoms with Crippen LogP contribution in [0.5, 0.6) is 0 Å². The van der Waals surface area contributed by atoms with E-state index in [0.29, 0.717) is 12.1 Å². The average molecular weight is 341 g/mol. The van der Waals surface area contributed by atoms with E-state index in [4.69, 9.17) is 4.74 Å². The number of carbonyl (C=O) groups excluding carboxylic acids is 1. The van der Waals surface area contributed by atoms with Crippen LogP contribution in [0.2, 0.25) is 0 Å². The van der Waals surface area contributed by atoms with Crippen LogP contribution in [0.1, 0.15) is 23.6 Å². The van der Waals surface area contributed by atoms with Crippen LogP contribution >= 0.6 is 0 Å². The molecule has 23 heavy (non-hydrogen) atoms. The highest BCUT2D eigenvalue weighted by Gasteiger charge is 2.47. The number of amides is 1. The van der Waals surface area contributed by atoms with E-state index in [1.807, 2.05) is 0 Å². The van der Waals surface area contributed by atoms with Gasteiger partial charge >= 0.3 is 12.4 Å². The fourth-order valence-electron chi connectivity index (χ4n) is 2.34. The Balaban J connectivity index is 2.35.